The highest BCUT2D eigenvalue weighted by molar-refractivity contribution is 6.30. The van der Waals surface area contributed by atoms with Gasteiger partial charge in [-0.3, -0.25) is 0 Å². The van der Waals surface area contributed by atoms with Crippen LogP contribution in [-0.2, 0) is 6.42 Å². The second-order valence-electron chi connectivity index (χ2n) is 4.56. The van der Waals surface area contributed by atoms with Crippen LogP contribution in [0.5, 0.6) is 0 Å². The van der Waals surface area contributed by atoms with Gasteiger partial charge >= 0.3 is 0 Å². The van der Waals surface area contributed by atoms with E-state index in [1.165, 1.54) is 17.2 Å². The van der Waals surface area contributed by atoms with Crippen LogP contribution in [0.15, 0.2) is 42.5 Å². The molecule has 0 saturated carbocycles. The Bertz CT molecular complexity index is 582. The minimum atomic E-state index is -0.260. The summed E-state index contributed by atoms with van der Waals surface area (Å²) < 4.78 is 13.7. The first-order valence-electron chi connectivity index (χ1n) is 6.03. The lowest BCUT2D eigenvalue weighted by Crippen LogP contribution is -2.08. The Kier molecular flexibility index (Phi) is 2.96. The van der Waals surface area contributed by atoms with E-state index < -0.39 is 0 Å². The number of hydrogen-bond acceptors (Lipinski definition) is 1. The van der Waals surface area contributed by atoms with E-state index >= 15 is 0 Å². The summed E-state index contributed by atoms with van der Waals surface area (Å²) in [5, 5.41) is 3.79. The Hall–Kier alpha value is -1.54. The van der Waals surface area contributed by atoms with Gasteiger partial charge in [0.2, 0.25) is 0 Å². The summed E-state index contributed by atoms with van der Waals surface area (Å²) in [5.41, 5.74) is 3.08. The average Bonchev–Trinajstić information content (AvgIpc) is 2.78. The molecule has 0 amide bonds. The highest BCUT2D eigenvalue weighted by Gasteiger charge is 2.22. The van der Waals surface area contributed by atoms with E-state index in [0.29, 0.717) is 10.7 Å². The maximum Gasteiger partial charge on any atom is 0.146 e. The zero-order chi connectivity index (χ0) is 12.5. The lowest BCUT2D eigenvalue weighted by molar-refractivity contribution is 0.625. The Labute approximate surface area is 111 Å². The fourth-order valence-electron chi connectivity index (χ4n) is 2.50. The van der Waals surface area contributed by atoms with Gasteiger partial charge < -0.3 is 5.32 Å². The molecular weight excluding hydrogens is 249 g/mol. The standard InChI is InChI=1S/C15H13ClFN/c16-11-6-7-13(17)15(9-11)18-14-8-5-10-3-1-2-4-12(10)14/h1-4,6-7,9,14,18H,5,8H2. The number of aryl methyl sites for hydroxylation is 1. The number of halogens is 2. The quantitative estimate of drug-likeness (QED) is 0.834. The Morgan fingerprint density at radius 2 is 2.00 bits per heavy atom. The van der Waals surface area contributed by atoms with Crippen LogP contribution in [0.4, 0.5) is 10.1 Å². The molecule has 0 heterocycles. The second-order valence-corrected chi connectivity index (χ2v) is 5.00. The summed E-state index contributed by atoms with van der Waals surface area (Å²) >= 11 is 5.90. The van der Waals surface area contributed by atoms with Crippen molar-refractivity contribution in [3.8, 4) is 0 Å². The molecule has 0 radical (unpaired) electrons. The van der Waals surface area contributed by atoms with Crippen molar-refractivity contribution in [2.75, 3.05) is 5.32 Å². The molecule has 2 aromatic carbocycles. The van der Waals surface area contributed by atoms with E-state index in [-0.39, 0.29) is 11.9 Å². The second kappa shape index (κ2) is 4.62. The molecule has 0 fully saturated rings. The lowest BCUT2D eigenvalue weighted by atomic mass is 10.1. The van der Waals surface area contributed by atoms with Crippen molar-refractivity contribution < 1.29 is 4.39 Å². The fraction of sp³-hybridized carbons (Fsp3) is 0.200. The smallest absolute Gasteiger partial charge is 0.146 e. The number of rotatable bonds is 2. The van der Waals surface area contributed by atoms with E-state index in [4.69, 9.17) is 11.6 Å². The van der Waals surface area contributed by atoms with Gasteiger partial charge in [0.15, 0.2) is 0 Å². The summed E-state index contributed by atoms with van der Waals surface area (Å²) in [6, 6.07) is 13.1. The zero-order valence-electron chi connectivity index (χ0n) is 9.79. The SMILES string of the molecule is Fc1ccc(Cl)cc1NC1CCc2ccccc21. The molecule has 18 heavy (non-hydrogen) atoms. The van der Waals surface area contributed by atoms with Gasteiger partial charge in [0.05, 0.1) is 11.7 Å². The summed E-state index contributed by atoms with van der Waals surface area (Å²) in [6.45, 7) is 0. The van der Waals surface area contributed by atoms with Gasteiger partial charge in [0.1, 0.15) is 5.82 Å². The highest BCUT2D eigenvalue weighted by atomic mass is 35.5. The van der Waals surface area contributed by atoms with E-state index in [0.717, 1.165) is 12.8 Å². The van der Waals surface area contributed by atoms with Crippen LogP contribution in [0.1, 0.15) is 23.6 Å². The molecule has 0 aliphatic heterocycles. The van der Waals surface area contributed by atoms with Crippen molar-refractivity contribution in [2.45, 2.75) is 18.9 Å². The molecule has 3 rings (SSSR count). The van der Waals surface area contributed by atoms with Crippen molar-refractivity contribution >= 4 is 17.3 Å². The summed E-state index contributed by atoms with van der Waals surface area (Å²) in [7, 11) is 0. The lowest BCUT2D eigenvalue weighted by Gasteiger charge is -2.16. The molecule has 0 aromatic heterocycles. The first-order chi connectivity index (χ1) is 8.74. The first kappa shape index (κ1) is 11.5. The van der Waals surface area contributed by atoms with Gasteiger partial charge in [-0.05, 0) is 42.2 Å². The Balaban J connectivity index is 1.88. The van der Waals surface area contributed by atoms with Crippen molar-refractivity contribution in [1.29, 1.82) is 0 Å². The molecule has 0 bridgehead atoms. The third-order valence-corrected chi connectivity index (χ3v) is 3.63. The van der Waals surface area contributed by atoms with E-state index in [2.05, 4.69) is 17.4 Å². The van der Waals surface area contributed by atoms with Crippen molar-refractivity contribution in [3.63, 3.8) is 0 Å². The Morgan fingerprint density at radius 1 is 1.17 bits per heavy atom. The predicted octanol–water partition coefficient (Wildman–Crippen LogP) is 4.58. The van der Waals surface area contributed by atoms with E-state index in [1.54, 1.807) is 12.1 Å². The number of anilines is 1. The largest absolute Gasteiger partial charge is 0.376 e. The van der Waals surface area contributed by atoms with E-state index in [9.17, 15) is 4.39 Å². The predicted molar refractivity (Wildman–Crippen MR) is 72.5 cm³/mol. The van der Waals surface area contributed by atoms with Crippen molar-refractivity contribution in [2.24, 2.45) is 0 Å². The van der Waals surface area contributed by atoms with Crippen molar-refractivity contribution in [1.82, 2.24) is 0 Å². The molecular formula is C15H13ClFN. The third-order valence-electron chi connectivity index (χ3n) is 3.39. The van der Waals surface area contributed by atoms with Crippen LogP contribution in [0, 0.1) is 5.82 Å². The van der Waals surface area contributed by atoms with Crippen LogP contribution < -0.4 is 5.32 Å². The first-order valence-corrected chi connectivity index (χ1v) is 6.41. The zero-order valence-corrected chi connectivity index (χ0v) is 10.5. The molecule has 1 atom stereocenters. The number of benzene rings is 2. The molecule has 1 unspecified atom stereocenters. The van der Waals surface area contributed by atoms with E-state index in [1.807, 2.05) is 12.1 Å². The van der Waals surface area contributed by atoms with Gasteiger partial charge in [0, 0.05) is 5.02 Å². The van der Waals surface area contributed by atoms with Crippen LogP contribution in [0.25, 0.3) is 0 Å². The molecule has 1 N–H and O–H groups in total. The van der Waals surface area contributed by atoms with Crippen LogP contribution in [-0.4, -0.2) is 0 Å². The molecule has 92 valence electrons. The summed E-state index contributed by atoms with van der Waals surface area (Å²) in [5.74, 6) is -0.260. The van der Waals surface area contributed by atoms with Gasteiger partial charge in [-0.25, -0.2) is 4.39 Å². The molecule has 3 heteroatoms. The topological polar surface area (TPSA) is 12.0 Å². The van der Waals surface area contributed by atoms with Crippen LogP contribution >= 0.6 is 11.6 Å². The summed E-state index contributed by atoms with van der Waals surface area (Å²) in [4.78, 5) is 0. The minimum Gasteiger partial charge on any atom is -0.376 e. The molecule has 0 saturated heterocycles. The minimum absolute atomic E-state index is 0.175. The van der Waals surface area contributed by atoms with Gasteiger partial charge in [-0.15, -0.1) is 0 Å². The maximum absolute atomic E-state index is 13.7. The van der Waals surface area contributed by atoms with Crippen LogP contribution in [0.2, 0.25) is 5.02 Å². The van der Waals surface area contributed by atoms with Gasteiger partial charge in [-0.2, -0.15) is 0 Å². The fourth-order valence-corrected chi connectivity index (χ4v) is 2.67. The molecule has 1 aliphatic carbocycles. The molecule has 0 spiro atoms. The Morgan fingerprint density at radius 3 is 2.89 bits per heavy atom. The number of hydrogen-bond donors (Lipinski definition) is 1. The number of nitrogens with one attached hydrogen (secondary N) is 1. The molecule has 2 aromatic rings. The average molecular weight is 262 g/mol. The van der Waals surface area contributed by atoms with Crippen LogP contribution in [0.3, 0.4) is 0 Å². The molecule has 1 aliphatic rings. The van der Waals surface area contributed by atoms with Gasteiger partial charge in [-0.1, -0.05) is 35.9 Å². The number of fused-ring (bicyclic) bond motifs is 1. The maximum atomic E-state index is 13.7. The van der Waals surface area contributed by atoms with Crippen molar-refractivity contribution in [3.05, 3.63) is 64.4 Å². The normalized spacial score (nSPS) is 17.6. The molecule has 1 nitrogen and oxygen atoms in total. The monoisotopic (exact) mass is 261 g/mol. The third kappa shape index (κ3) is 2.08. The highest BCUT2D eigenvalue weighted by Crippen LogP contribution is 2.34. The summed E-state index contributed by atoms with van der Waals surface area (Å²) in [6.07, 6.45) is 2.03. The van der Waals surface area contributed by atoms with Gasteiger partial charge in [0.25, 0.3) is 0 Å².